The minimum Gasteiger partial charge on any atom is -0.460 e. The molecule has 0 saturated heterocycles. The Bertz CT molecular complexity index is 589. The van der Waals surface area contributed by atoms with Crippen molar-refractivity contribution in [2.45, 2.75) is 0 Å². The number of hydrogen-bond acceptors (Lipinski definition) is 3. The van der Waals surface area contributed by atoms with Crippen LogP contribution < -0.4 is 0 Å². The summed E-state index contributed by atoms with van der Waals surface area (Å²) < 4.78 is 4.75. The Balaban J connectivity index is 2.36. The third kappa shape index (κ3) is 2.55. The molecule has 2 radical (unpaired) electrons. The van der Waals surface area contributed by atoms with Crippen LogP contribution in [-0.2, 0) is 14.6 Å². The highest BCUT2D eigenvalue weighted by molar-refractivity contribution is 5.96. The number of ether oxygens (including phenoxy) is 1. The van der Waals surface area contributed by atoms with Gasteiger partial charge < -0.3 is 4.74 Å². The van der Waals surface area contributed by atoms with Gasteiger partial charge in [-0.2, -0.15) is 0 Å². The van der Waals surface area contributed by atoms with Crippen LogP contribution in [0.25, 0.3) is 10.8 Å². The number of fused-ring (bicyclic) bond motifs is 1. The van der Waals surface area contributed by atoms with Crippen molar-refractivity contribution in [2.75, 3.05) is 13.2 Å². The van der Waals surface area contributed by atoms with Gasteiger partial charge in [-0.1, -0.05) is 18.2 Å². The van der Waals surface area contributed by atoms with Gasteiger partial charge in [-0.05, 0) is 29.0 Å². The second kappa shape index (κ2) is 5.42. The second-order valence-corrected chi connectivity index (χ2v) is 3.72. The fraction of sp³-hybridized carbons (Fsp3) is 0.143. The van der Waals surface area contributed by atoms with Crippen molar-refractivity contribution in [1.29, 1.82) is 0 Å². The second-order valence-electron chi connectivity index (χ2n) is 3.72. The van der Waals surface area contributed by atoms with E-state index in [2.05, 4.69) is 0 Å². The van der Waals surface area contributed by atoms with Crippen molar-refractivity contribution in [3.63, 3.8) is 0 Å². The number of rotatable bonds is 4. The molecule has 0 aliphatic heterocycles. The summed E-state index contributed by atoms with van der Waals surface area (Å²) in [6.45, 7) is -0.595. The molecule has 0 aromatic heterocycles. The summed E-state index contributed by atoms with van der Waals surface area (Å²) in [6.07, 6.45) is 1.79. The lowest BCUT2D eigenvalue weighted by atomic mass is 10.0. The van der Waals surface area contributed by atoms with Crippen LogP contribution in [0, 0.1) is 0 Å². The SMILES string of the molecule is [O]CCOC(=O)c1ccc2ccc([C]=O)cc2c1. The van der Waals surface area contributed by atoms with Gasteiger partial charge in [0.25, 0.3) is 0 Å². The van der Waals surface area contributed by atoms with Crippen molar-refractivity contribution in [2.24, 2.45) is 0 Å². The maximum absolute atomic E-state index is 11.6. The first kappa shape index (κ1) is 12.3. The van der Waals surface area contributed by atoms with Gasteiger partial charge in [-0.15, -0.1) is 0 Å². The van der Waals surface area contributed by atoms with Gasteiger partial charge in [-0.25, -0.2) is 9.90 Å². The standard InChI is InChI=1S/C14H10O4/c15-5-6-18-14(17)12-4-3-11-2-1-10(9-16)7-13(11)8-12/h1-4,7-8H,5-6H2. The summed E-state index contributed by atoms with van der Waals surface area (Å²) in [5.74, 6) is -0.534. The lowest BCUT2D eigenvalue weighted by molar-refractivity contribution is 0.0365. The van der Waals surface area contributed by atoms with Crippen LogP contribution in [0.15, 0.2) is 36.4 Å². The van der Waals surface area contributed by atoms with Gasteiger partial charge in [0.2, 0.25) is 6.29 Å². The van der Waals surface area contributed by atoms with E-state index in [-0.39, 0.29) is 6.61 Å². The quantitative estimate of drug-likeness (QED) is 0.769. The molecule has 4 nitrogen and oxygen atoms in total. The van der Waals surface area contributed by atoms with Crippen LogP contribution >= 0.6 is 0 Å². The highest BCUT2D eigenvalue weighted by Crippen LogP contribution is 2.18. The van der Waals surface area contributed by atoms with Crippen LogP contribution in [0.1, 0.15) is 15.9 Å². The van der Waals surface area contributed by atoms with Crippen molar-refractivity contribution < 1.29 is 19.4 Å². The fourth-order valence-electron chi connectivity index (χ4n) is 1.65. The summed E-state index contributed by atoms with van der Waals surface area (Å²) in [5.41, 5.74) is 0.784. The first-order valence-corrected chi connectivity index (χ1v) is 5.42. The Morgan fingerprint density at radius 1 is 1.11 bits per heavy atom. The molecule has 0 aliphatic carbocycles. The summed E-state index contributed by atoms with van der Waals surface area (Å²) >= 11 is 0. The first-order valence-electron chi connectivity index (χ1n) is 5.42. The Morgan fingerprint density at radius 3 is 2.61 bits per heavy atom. The number of benzene rings is 2. The summed E-state index contributed by atoms with van der Waals surface area (Å²) in [5, 5.41) is 11.9. The number of esters is 1. The average Bonchev–Trinajstić information content (AvgIpc) is 2.43. The van der Waals surface area contributed by atoms with Crippen molar-refractivity contribution in [3.8, 4) is 0 Å². The third-order valence-corrected chi connectivity index (χ3v) is 2.51. The average molecular weight is 242 g/mol. The normalized spacial score (nSPS) is 10.3. The van der Waals surface area contributed by atoms with Crippen LogP contribution in [0.3, 0.4) is 0 Å². The summed E-state index contributed by atoms with van der Waals surface area (Å²) in [7, 11) is 0. The Kier molecular flexibility index (Phi) is 3.69. The molecule has 4 heteroatoms. The minimum absolute atomic E-state index is 0.140. The molecule has 0 spiro atoms. The lowest BCUT2D eigenvalue weighted by Crippen LogP contribution is -2.08. The Hall–Kier alpha value is -2.20. The Labute approximate surface area is 104 Å². The maximum Gasteiger partial charge on any atom is 0.338 e. The van der Waals surface area contributed by atoms with E-state index in [9.17, 15) is 14.7 Å². The van der Waals surface area contributed by atoms with Gasteiger partial charge in [-0.3, -0.25) is 4.79 Å². The zero-order valence-corrected chi connectivity index (χ0v) is 9.51. The number of carbonyl (C=O) groups is 1. The molecule has 0 heterocycles. The van der Waals surface area contributed by atoms with Gasteiger partial charge in [0.15, 0.2) is 0 Å². The van der Waals surface area contributed by atoms with E-state index < -0.39 is 12.6 Å². The highest BCUT2D eigenvalue weighted by atomic mass is 16.5. The van der Waals surface area contributed by atoms with Crippen LogP contribution in [0.2, 0.25) is 0 Å². The molecule has 0 atom stereocenters. The monoisotopic (exact) mass is 242 g/mol. The zero-order chi connectivity index (χ0) is 13.0. The molecular formula is C14H10O4. The van der Waals surface area contributed by atoms with E-state index in [1.807, 2.05) is 0 Å². The molecular weight excluding hydrogens is 232 g/mol. The molecule has 2 aromatic rings. The van der Waals surface area contributed by atoms with Gasteiger partial charge in [0.1, 0.15) is 13.2 Å². The third-order valence-electron chi connectivity index (χ3n) is 2.51. The van der Waals surface area contributed by atoms with Gasteiger partial charge >= 0.3 is 5.97 Å². The van der Waals surface area contributed by atoms with Gasteiger partial charge in [0.05, 0.1) is 5.56 Å². The highest BCUT2D eigenvalue weighted by Gasteiger charge is 2.07. The minimum atomic E-state index is -0.534. The molecule has 90 valence electrons. The van der Waals surface area contributed by atoms with Crippen molar-refractivity contribution in [1.82, 2.24) is 0 Å². The summed E-state index contributed by atoms with van der Waals surface area (Å²) in [4.78, 5) is 22.1. The smallest absolute Gasteiger partial charge is 0.338 e. The molecule has 18 heavy (non-hydrogen) atoms. The molecule has 0 bridgehead atoms. The molecule has 2 aromatic carbocycles. The predicted molar refractivity (Wildman–Crippen MR) is 64.6 cm³/mol. The fourth-order valence-corrected chi connectivity index (χ4v) is 1.65. The maximum atomic E-state index is 11.6. The van der Waals surface area contributed by atoms with E-state index in [0.717, 1.165) is 10.8 Å². The predicted octanol–water partition coefficient (Wildman–Crippen LogP) is 1.88. The van der Waals surface area contributed by atoms with E-state index in [1.165, 1.54) is 0 Å². The van der Waals surface area contributed by atoms with E-state index >= 15 is 0 Å². The first-order chi connectivity index (χ1) is 8.74. The van der Waals surface area contributed by atoms with Gasteiger partial charge in [0, 0.05) is 5.56 Å². The number of hydrogen-bond donors (Lipinski definition) is 0. The molecule has 0 aliphatic rings. The topological polar surface area (TPSA) is 63.3 Å². The van der Waals surface area contributed by atoms with E-state index in [1.54, 1.807) is 42.7 Å². The molecule has 0 saturated carbocycles. The lowest BCUT2D eigenvalue weighted by Gasteiger charge is -2.04. The molecule has 0 amide bonds. The molecule has 0 N–H and O–H groups in total. The molecule has 0 fully saturated rings. The van der Waals surface area contributed by atoms with Crippen LogP contribution in [0.5, 0.6) is 0 Å². The van der Waals surface area contributed by atoms with Crippen molar-refractivity contribution in [3.05, 3.63) is 47.5 Å². The Morgan fingerprint density at radius 2 is 1.89 bits per heavy atom. The van der Waals surface area contributed by atoms with E-state index in [4.69, 9.17) is 4.74 Å². The largest absolute Gasteiger partial charge is 0.460 e. The number of carbonyl (C=O) groups excluding carboxylic acids is 2. The van der Waals surface area contributed by atoms with Crippen molar-refractivity contribution >= 4 is 23.0 Å². The van der Waals surface area contributed by atoms with Crippen LogP contribution in [0.4, 0.5) is 0 Å². The van der Waals surface area contributed by atoms with Crippen LogP contribution in [-0.4, -0.2) is 25.5 Å². The molecule has 2 rings (SSSR count). The molecule has 0 unspecified atom stereocenters. The summed E-state index contributed by atoms with van der Waals surface area (Å²) in [6, 6.07) is 10.1. The van der Waals surface area contributed by atoms with E-state index in [0.29, 0.717) is 11.1 Å². The zero-order valence-electron chi connectivity index (χ0n) is 9.51.